The van der Waals surface area contributed by atoms with Crippen LogP contribution in [0.5, 0.6) is 0 Å². The molecule has 1 aromatic rings. The van der Waals surface area contributed by atoms with Gasteiger partial charge in [0.25, 0.3) is 0 Å². The van der Waals surface area contributed by atoms with Crippen molar-refractivity contribution in [3.8, 4) is 0 Å². The maximum atomic E-state index is 11.6. The Labute approximate surface area is 138 Å². The fraction of sp³-hybridized carbons (Fsp3) is 0.556. The number of ether oxygens (including phenoxy) is 2. The molecule has 126 valence electrons. The van der Waals surface area contributed by atoms with Crippen LogP contribution in [0, 0.1) is 0 Å². The number of nitrogens with zero attached hydrogens (tertiary/aromatic N) is 1. The molecule has 1 amide bonds. The summed E-state index contributed by atoms with van der Waals surface area (Å²) in [4.78, 5) is 11.6. The van der Waals surface area contributed by atoms with E-state index in [9.17, 15) is 4.79 Å². The van der Waals surface area contributed by atoms with E-state index in [1.807, 2.05) is 39.0 Å². The summed E-state index contributed by atoms with van der Waals surface area (Å²) in [5.74, 6) is 0. The number of hydrazone groups is 1. The first-order valence-electron chi connectivity index (χ1n) is 8.12. The maximum absolute atomic E-state index is 11.6. The molecule has 0 saturated heterocycles. The Balaban J connectivity index is 1.69. The molecule has 0 heterocycles. The van der Waals surface area contributed by atoms with Crippen molar-refractivity contribution in [2.75, 3.05) is 0 Å². The van der Waals surface area contributed by atoms with E-state index in [0.717, 1.165) is 31.4 Å². The van der Waals surface area contributed by atoms with Crippen molar-refractivity contribution in [2.45, 2.75) is 64.8 Å². The summed E-state index contributed by atoms with van der Waals surface area (Å²) in [6.45, 7) is 6.13. The molecular weight excluding hydrogens is 292 g/mol. The second kappa shape index (κ2) is 8.11. The molecule has 0 radical (unpaired) electrons. The maximum Gasteiger partial charge on any atom is 0.428 e. The number of amides is 1. The lowest BCUT2D eigenvalue weighted by Crippen LogP contribution is -2.31. The van der Waals surface area contributed by atoms with Crippen molar-refractivity contribution in [3.05, 3.63) is 35.9 Å². The second-order valence-corrected chi connectivity index (χ2v) is 6.79. The highest BCUT2D eigenvalue weighted by atomic mass is 16.6. The second-order valence-electron chi connectivity index (χ2n) is 6.79. The van der Waals surface area contributed by atoms with Crippen LogP contribution in [0.3, 0.4) is 0 Å². The van der Waals surface area contributed by atoms with Gasteiger partial charge in [-0.25, -0.2) is 10.2 Å². The molecule has 1 aliphatic rings. The molecule has 1 N–H and O–H groups in total. The Bertz CT molecular complexity index is 525. The summed E-state index contributed by atoms with van der Waals surface area (Å²) in [5.41, 5.74) is 4.15. The van der Waals surface area contributed by atoms with Gasteiger partial charge in [-0.15, -0.1) is 0 Å². The Hall–Kier alpha value is -1.88. The van der Waals surface area contributed by atoms with Gasteiger partial charge in [-0.05, 0) is 52.0 Å². The highest BCUT2D eigenvalue weighted by Gasteiger charge is 2.19. The summed E-state index contributed by atoms with van der Waals surface area (Å²) < 4.78 is 11.1. The number of benzene rings is 1. The van der Waals surface area contributed by atoms with Gasteiger partial charge in [0.05, 0.1) is 12.7 Å². The molecule has 0 aliphatic heterocycles. The van der Waals surface area contributed by atoms with Gasteiger partial charge in [0.1, 0.15) is 5.60 Å². The van der Waals surface area contributed by atoms with Gasteiger partial charge in [0, 0.05) is 5.71 Å². The Morgan fingerprint density at radius 3 is 2.48 bits per heavy atom. The molecule has 0 unspecified atom stereocenters. The van der Waals surface area contributed by atoms with Crippen LogP contribution in [-0.4, -0.2) is 23.5 Å². The Morgan fingerprint density at radius 2 is 1.87 bits per heavy atom. The molecule has 1 saturated carbocycles. The quantitative estimate of drug-likeness (QED) is 0.853. The van der Waals surface area contributed by atoms with Crippen LogP contribution in [-0.2, 0) is 16.1 Å². The van der Waals surface area contributed by atoms with Crippen LogP contribution in [0.15, 0.2) is 35.4 Å². The summed E-state index contributed by atoms with van der Waals surface area (Å²) in [5, 5.41) is 4.16. The van der Waals surface area contributed by atoms with Crippen molar-refractivity contribution in [2.24, 2.45) is 5.10 Å². The highest BCUT2D eigenvalue weighted by Crippen LogP contribution is 2.20. The first-order chi connectivity index (χ1) is 10.9. The van der Waals surface area contributed by atoms with Gasteiger partial charge in [-0.1, -0.05) is 30.3 Å². The lowest BCUT2D eigenvalue weighted by molar-refractivity contribution is 0.0280. The molecule has 0 spiro atoms. The molecule has 0 atom stereocenters. The Morgan fingerprint density at radius 1 is 1.22 bits per heavy atom. The number of hydrogen-bond donors (Lipinski definition) is 1. The number of rotatable bonds is 4. The lowest BCUT2D eigenvalue weighted by atomic mass is 9.96. The summed E-state index contributed by atoms with van der Waals surface area (Å²) >= 11 is 0. The topological polar surface area (TPSA) is 59.9 Å². The summed E-state index contributed by atoms with van der Waals surface area (Å²) in [6.07, 6.45) is 3.30. The molecule has 1 aliphatic carbocycles. The standard InChI is InChI=1S/C18H26N2O3/c1-18(2,3)23-17(21)20-19-15-9-11-16(12-10-15)22-13-14-7-5-4-6-8-14/h4-8,16H,9-13H2,1-3H3,(H,20,21). The van der Waals surface area contributed by atoms with Crippen LogP contribution in [0.25, 0.3) is 0 Å². The van der Waals surface area contributed by atoms with Crippen molar-refractivity contribution in [1.29, 1.82) is 0 Å². The van der Waals surface area contributed by atoms with Gasteiger partial charge in [-0.3, -0.25) is 0 Å². The SMILES string of the molecule is CC(C)(C)OC(=O)NN=C1CCC(OCc2ccccc2)CC1. The molecule has 1 aromatic carbocycles. The van der Waals surface area contributed by atoms with E-state index in [1.54, 1.807) is 0 Å². The predicted octanol–water partition coefficient (Wildman–Crippen LogP) is 4.03. The molecule has 5 heteroatoms. The number of nitrogens with one attached hydrogen (secondary N) is 1. The van der Waals surface area contributed by atoms with E-state index in [0.29, 0.717) is 6.61 Å². The van der Waals surface area contributed by atoms with Gasteiger partial charge in [0.2, 0.25) is 0 Å². The van der Waals surface area contributed by atoms with Crippen LogP contribution in [0.4, 0.5) is 4.79 Å². The zero-order chi connectivity index (χ0) is 16.7. The van der Waals surface area contributed by atoms with Crippen molar-refractivity contribution in [1.82, 2.24) is 5.43 Å². The molecule has 23 heavy (non-hydrogen) atoms. The van der Waals surface area contributed by atoms with E-state index >= 15 is 0 Å². The third kappa shape index (κ3) is 6.82. The minimum Gasteiger partial charge on any atom is -0.443 e. The molecular formula is C18H26N2O3. The third-order valence-electron chi connectivity index (χ3n) is 3.54. The van der Waals surface area contributed by atoms with E-state index < -0.39 is 11.7 Å². The largest absolute Gasteiger partial charge is 0.443 e. The van der Waals surface area contributed by atoms with Gasteiger partial charge in [-0.2, -0.15) is 5.10 Å². The average Bonchev–Trinajstić information content (AvgIpc) is 2.51. The van der Waals surface area contributed by atoms with Crippen molar-refractivity contribution in [3.63, 3.8) is 0 Å². The predicted molar refractivity (Wildman–Crippen MR) is 90.3 cm³/mol. The summed E-state index contributed by atoms with van der Waals surface area (Å²) in [7, 11) is 0. The zero-order valence-corrected chi connectivity index (χ0v) is 14.2. The number of carbonyl (C=O) groups excluding carboxylic acids is 1. The fourth-order valence-electron chi connectivity index (χ4n) is 2.42. The van der Waals surface area contributed by atoms with E-state index in [-0.39, 0.29) is 6.10 Å². The van der Waals surface area contributed by atoms with Crippen LogP contribution in [0.1, 0.15) is 52.0 Å². The van der Waals surface area contributed by atoms with Gasteiger partial charge < -0.3 is 9.47 Å². The van der Waals surface area contributed by atoms with Crippen LogP contribution < -0.4 is 5.43 Å². The fourth-order valence-corrected chi connectivity index (χ4v) is 2.42. The zero-order valence-electron chi connectivity index (χ0n) is 14.2. The molecule has 2 rings (SSSR count). The first kappa shape index (κ1) is 17.5. The number of hydrogen-bond acceptors (Lipinski definition) is 4. The van der Waals surface area contributed by atoms with E-state index in [2.05, 4.69) is 22.7 Å². The average molecular weight is 318 g/mol. The minimum atomic E-state index is -0.507. The third-order valence-corrected chi connectivity index (χ3v) is 3.54. The van der Waals surface area contributed by atoms with Crippen molar-refractivity contribution < 1.29 is 14.3 Å². The van der Waals surface area contributed by atoms with Crippen LogP contribution >= 0.6 is 0 Å². The van der Waals surface area contributed by atoms with Gasteiger partial charge >= 0.3 is 6.09 Å². The molecule has 0 aromatic heterocycles. The summed E-state index contributed by atoms with van der Waals surface area (Å²) in [6, 6.07) is 10.2. The monoisotopic (exact) mass is 318 g/mol. The first-order valence-corrected chi connectivity index (χ1v) is 8.12. The van der Waals surface area contributed by atoms with Crippen LogP contribution in [0.2, 0.25) is 0 Å². The van der Waals surface area contributed by atoms with Gasteiger partial charge in [0.15, 0.2) is 0 Å². The normalized spacial score (nSPS) is 18.4. The molecule has 1 fully saturated rings. The highest BCUT2D eigenvalue weighted by molar-refractivity contribution is 5.86. The lowest BCUT2D eigenvalue weighted by Gasteiger charge is -2.23. The smallest absolute Gasteiger partial charge is 0.428 e. The van der Waals surface area contributed by atoms with E-state index in [4.69, 9.17) is 9.47 Å². The number of carbonyl (C=O) groups is 1. The molecule has 5 nitrogen and oxygen atoms in total. The molecule has 0 bridgehead atoms. The minimum absolute atomic E-state index is 0.260. The Kier molecular flexibility index (Phi) is 6.16. The van der Waals surface area contributed by atoms with E-state index in [1.165, 1.54) is 5.56 Å². The van der Waals surface area contributed by atoms with Crippen molar-refractivity contribution >= 4 is 11.8 Å².